The van der Waals surface area contributed by atoms with Gasteiger partial charge in [-0.15, -0.1) is 0 Å². The highest BCUT2D eigenvalue weighted by molar-refractivity contribution is 5.92. The van der Waals surface area contributed by atoms with Crippen molar-refractivity contribution in [2.24, 2.45) is 5.41 Å². The Bertz CT molecular complexity index is 613. The highest BCUT2D eigenvalue weighted by atomic mass is 16.5. The molecule has 1 saturated carbocycles. The number of fused-ring (bicyclic) bond motifs is 1. The first-order valence-electron chi connectivity index (χ1n) is 6.13. The number of nitrogens with zero attached hydrogens (tertiary/aromatic N) is 1. The predicted molar refractivity (Wildman–Crippen MR) is 69.6 cm³/mol. The average molecular weight is 241 g/mol. The van der Waals surface area contributed by atoms with Crippen LogP contribution in [0.4, 0.5) is 0 Å². The SMILES string of the molecule is CC1(C)C(=O)CC1Oc1cccc2ncccc12. The first-order valence-corrected chi connectivity index (χ1v) is 6.13. The van der Waals surface area contributed by atoms with Crippen molar-refractivity contribution in [3.05, 3.63) is 36.5 Å². The molecule has 3 rings (SSSR count). The van der Waals surface area contributed by atoms with E-state index < -0.39 is 0 Å². The van der Waals surface area contributed by atoms with Gasteiger partial charge in [0.25, 0.3) is 0 Å². The number of carbonyl (C=O) groups is 1. The van der Waals surface area contributed by atoms with Gasteiger partial charge in [0.05, 0.1) is 10.9 Å². The maximum Gasteiger partial charge on any atom is 0.145 e. The van der Waals surface area contributed by atoms with E-state index in [9.17, 15) is 4.79 Å². The largest absolute Gasteiger partial charge is 0.488 e. The molecule has 1 aromatic heterocycles. The summed E-state index contributed by atoms with van der Waals surface area (Å²) in [5.74, 6) is 1.08. The van der Waals surface area contributed by atoms with E-state index in [-0.39, 0.29) is 17.3 Å². The van der Waals surface area contributed by atoms with Crippen molar-refractivity contribution in [3.63, 3.8) is 0 Å². The Kier molecular flexibility index (Phi) is 2.37. The van der Waals surface area contributed by atoms with Crippen molar-refractivity contribution in [1.82, 2.24) is 4.98 Å². The van der Waals surface area contributed by atoms with Crippen molar-refractivity contribution in [2.45, 2.75) is 26.4 Å². The Morgan fingerprint density at radius 3 is 2.83 bits per heavy atom. The highest BCUT2D eigenvalue weighted by Gasteiger charge is 2.49. The second-order valence-corrected chi connectivity index (χ2v) is 5.28. The third-order valence-corrected chi connectivity index (χ3v) is 3.77. The molecule has 0 aliphatic heterocycles. The van der Waals surface area contributed by atoms with Crippen LogP contribution in [0.25, 0.3) is 10.9 Å². The van der Waals surface area contributed by atoms with Crippen LogP contribution in [0.3, 0.4) is 0 Å². The van der Waals surface area contributed by atoms with Gasteiger partial charge in [0.1, 0.15) is 17.6 Å². The second-order valence-electron chi connectivity index (χ2n) is 5.28. The van der Waals surface area contributed by atoms with Crippen LogP contribution in [0.15, 0.2) is 36.5 Å². The number of aromatic nitrogens is 1. The lowest BCUT2D eigenvalue weighted by atomic mass is 9.68. The number of benzene rings is 1. The molecule has 1 aliphatic carbocycles. The molecule has 0 radical (unpaired) electrons. The molecule has 2 aromatic rings. The molecular formula is C15H15NO2. The molecule has 3 nitrogen and oxygen atoms in total. The Hall–Kier alpha value is -1.90. The molecule has 1 unspecified atom stereocenters. The lowest BCUT2D eigenvalue weighted by Gasteiger charge is -2.42. The molecule has 1 aliphatic rings. The summed E-state index contributed by atoms with van der Waals surface area (Å²) in [4.78, 5) is 15.8. The summed E-state index contributed by atoms with van der Waals surface area (Å²) < 4.78 is 5.99. The average Bonchev–Trinajstić information content (AvgIpc) is 2.39. The van der Waals surface area contributed by atoms with E-state index in [1.807, 2.05) is 44.2 Å². The lowest BCUT2D eigenvalue weighted by molar-refractivity contribution is -0.147. The van der Waals surface area contributed by atoms with E-state index in [0.717, 1.165) is 16.7 Å². The fourth-order valence-corrected chi connectivity index (χ4v) is 2.26. The van der Waals surface area contributed by atoms with Gasteiger partial charge in [-0.2, -0.15) is 0 Å². The van der Waals surface area contributed by atoms with Crippen molar-refractivity contribution in [2.75, 3.05) is 0 Å². The van der Waals surface area contributed by atoms with Gasteiger partial charge < -0.3 is 4.74 Å². The molecule has 1 fully saturated rings. The van der Waals surface area contributed by atoms with Crippen LogP contribution in [0.2, 0.25) is 0 Å². The number of carbonyl (C=O) groups excluding carboxylic acids is 1. The number of Topliss-reactive ketones (excluding diaryl/α,β-unsaturated/α-hetero) is 1. The summed E-state index contributed by atoms with van der Waals surface area (Å²) in [6.45, 7) is 3.87. The van der Waals surface area contributed by atoms with Gasteiger partial charge in [-0.1, -0.05) is 6.07 Å². The Morgan fingerprint density at radius 1 is 1.28 bits per heavy atom. The summed E-state index contributed by atoms with van der Waals surface area (Å²) in [7, 11) is 0. The van der Waals surface area contributed by atoms with Crippen molar-refractivity contribution >= 4 is 16.7 Å². The van der Waals surface area contributed by atoms with Gasteiger partial charge in [0.15, 0.2) is 0 Å². The van der Waals surface area contributed by atoms with E-state index in [1.54, 1.807) is 6.20 Å². The molecule has 3 heteroatoms. The van der Waals surface area contributed by atoms with Crippen molar-refractivity contribution in [1.29, 1.82) is 0 Å². The van der Waals surface area contributed by atoms with Gasteiger partial charge in [0.2, 0.25) is 0 Å². The van der Waals surface area contributed by atoms with Crippen LogP contribution in [0.1, 0.15) is 20.3 Å². The molecule has 1 atom stereocenters. The third-order valence-electron chi connectivity index (χ3n) is 3.77. The van der Waals surface area contributed by atoms with Crippen LogP contribution in [0.5, 0.6) is 5.75 Å². The molecule has 0 spiro atoms. The van der Waals surface area contributed by atoms with E-state index in [4.69, 9.17) is 4.74 Å². The molecule has 1 heterocycles. The number of pyridine rings is 1. The lowest BCUT2D eigenvalue weighted by Crippen LogP contribution is -2.53. The minimum atomic E-state index is -0.371. The zero-order valence-electron chi connectivity index (χ0n) is 10.5. The van der Waals surface area contributed by atoms with Crippen LogP contribution in [-0.4, -0.2) is 16.9 Å². The maximum absolute atomic E-state index is 11.5. The van der Waals surface area contributed by atoms with E-state index in [2.05, 4.69) is 4.98 Å². The zero-order chi connectivity index (χ0) is 12.8. The molecule has 92 valence electrons. The number of hydrogen-bond donors (Lipinski definition) is 0. The van der Waals surface area contributed by atoms with Crippen molar-refractivity contribution < 1.29 is 9.53 Å². The van der Waals surface area contributed by atoms with Crippen molar-refractivity contribution in [3.8, 4) is 5.75 Å². The molecule has 0 amide bonds. The number of hydrogen-bond acceptors (Lipinski definition) is 3. The fourth-order valence-electron chi connectivity index (χ4n) is 2.26. The monoisotopic (exact) mass is 241 g/mol. The summed E-state index contributed by atoms with van der Waals surface area (Å²) in [5.41, 5.74) is 0.545. The highest BCUT2D eigenvalue weighted by Crippen LogP contribution is 2.40. The predicted octanol–water partition coefficient (Wildman–Crippen LogP) is 2.98. The quantitative estimate of drug-likeness (QED) is 0.811. The zero-order valence-corrected chi connectivity index (χ0v) is 10.5. The van der Waals surface area contributed by atoms with Crippen LogP contribution in [0, 0.1) is 5.41 Å². The molecule has 1 aromatic carbocycles. The fraction of sp³-hybridized carbons (Fsp3) is 0.333. The van der Waals surface area contributed by atoms with Crippen LogP contribution >= 0.6 is 0 Å². The summed E-state index contributed by atoms with van der Waals surface area (Å²) in [6.07, 6.45) is 2.24. The third kappa shape index (κ3) is 1.58. The minimum Gasteiger partial charge on any atom is -0.488 e. The first-order chi connectivity index (χ1) is 8.59. The van der Waals surface area contributed by atoms with Gasteiger partial charge in [-0.05, 0) is 38.1 Å². The Labute approximate surface area is 106 Å². The molecule has 18 heavy (non-hydrogen) atoms. The normalized spacial score (nSPS) is 21.7. The van der Waals surface area contributed by atoms with E-state index >= 15 is 0 Å². The first kappa shape index (κ1) is 11.2. The van der Waals surface area contributed by atoms with Crippen LogP contribution < -0.4 is 4.74 Å². The smallest absolute Gasteiger partial charge is 0.145 e. The molecular weight excluding hydrogens is 226 g/mol. The molecule has 0 saturated heterocycles. The van der Waals surface area contributed by atoms with Gasteiger partial charge in [-0.25, -0.2) is 0 Å². The van der Waals surface area contributed by atoms with Gasteiger partial charge in [0, 0.05) is 18.0 Å². The summed E-state index contributed by atoms with van der Waals surface area (Å²) in [5, 5.41) is 0.996. The topological polar surface area (TPSA) is 39.2 Å². The summed E-state index contributed by atoms with van der Waals surface area (Å²) in [6, 6.07) is 9.71. The number of ketones is 1. The van der Waals surface area contributed by atoms with Gasteiger partial charge >= 0.3 is 0 Å². The minimum absolute atomic E-state index is 0.0317. The van der Waals surface area contributed by atoms with E-state index in [0.29, 0.717) is 6.42 Å². The maximum atomic E-state index is 11.5. The van der Waals surface area contributed by atoms with E-state index in [1.165, 1.54) is 0 Å². The molecule has 0 bridgehead atoms. The van der Waals surface area contributed by atoms with Crippen LogP contribution in [-0.2, 0) is 4.79 Å². The number of ether oxygens (including phenoxy) is 1. The number of rotatable bonds is 2. The molecule has 0 N–H and O–H groups in total. The standard InChI is InChI=1S/C15H15NO2/c1-15(2)13(17)9-14(15)18-12-7-3-6-11-10(12)5-4-8-16-11/h3-8,14H,9H2,1-2H3. The Balaban J connectivity index is 1.94. The summed E-state index contributed by atoms with van der Waals surface area (Å²) >= 11 is 0. The Morgan fingerprint density at radius 2 is 2.11 bits per heavy atom. The van der Waals surface area contributed by atoms with Gasteiger partial charge in [-0.3, -0.25) is 9.78 Å². The second kappa shape index (κ2) is 3.80.